The van der Waals surface area contributed by atoms with Gasteiger partial charge in [-0.25, -0.2) is 0 Å². The van der Waals surface area contributed by atoms with E-state index >= 15 is 0 Å². The van der Waals surface area contributed by atoms with E-state index in [9.17, 15) is 0 Å². The number of furan rings is 1. The van der Waals surface area contributed by atoms with Crippen LogP contribution in [0.2, 0.25) is 0 Å². The van der Waals surface area contributed by atoms with Crippen molar-refractivity contribution in [3.05, 3.63) is 30.0 Å². The van der Waals surface area contributed by atoms with Gasteiger partial charge in [-0.1, -0.05) is 12.1 Å². The van der Waals surface area contributed by atoms with Crippen LogP contribution in [0.4, 0.5) is 0 Å². The van der Waals surface area contributed by atoms with E-state index in [4.69, 9.17) is 9.15 Å². The fourth-order valence-corrected chi connectivity index (χ4v) is 2.06. The SMILES string of the molecule is COc1cccc2cc(CNCC3CC3)oc12. The molecule has 0 atom stereocenters. The van der Waals surface area contributed by atoms with Crippen molar-refractivity contribution in [2.45, 2.75) is 19.4 Å². The van der Waals surface area contributed by atoms with Crippen molar-refractivity contribution in [1.82, 2.24) is 5.32 Å². The van der Waals surface area contributed by atoms with Crippen molar-refractivity contribution in [3.8, 4) is 5.75 Å². The third-order valence-corrected chi connectivity index (χ3v) is 3.21. The highest BCUT2D eigenvalue weighted by Gasteiger charge is 2.20. The number of methoxy groups -OCH3 is 1. The molecule has 1 aromatic heterocycles. The van der Waals surface area contributed by atoms with Crippen LogP contribution in [0.25, 0.3) is 11.0 Å². The summed E-state index contributed by atoms with van der Waals surface area (Å²) >= 11 is 0. The first-order chi connectivity index (χ1) is 8.36. The number of hydrogen-bond donors (Lipinski definition) is 1. The summed E-state index contributed by atoms with van der Waals surface area (Å²) in [5, 5.41) is 4.53. The van der Waals surface area contributed by atoms with Gasteiger partial charge in [0.2, 0.25) is 0 Å². The minimum atomic E-state index is 0.800. The topological polar surface area (TPSA) is 34.4 Å². The van der Waals surface area contributed by atoms with Crippen LogP contribution >= 0.6 is 0 Å². The molecule has 2 aromatic rings. The van der Waals surface area contributed by atoms with Gasteiger partial charge in [0.05, 0.1) is 13.7 Å². The fraction of sp³-hybridized carbons (Fsp3) is 0.429. The van der Waals surface area contributed by atoms with Gasteiger partial charge in [0.1, 0.15) is 5.76 Å². The molecule has 1 saturated carbocycles. The quantitative estimate of drug-likeness (QED) is 0.859. The average molecular weight is 231 g/mol. The maximum atomic E-state index is 5.80. The van der Waals surface area contributed by atoms with E-state index in [1.54, 1.807) is 7.11 Å². The smallest absolute Gasteiger partial charge is 0.176 e. The lowest BCUT2D eigenvalue weighted by Gasteiger charge is -2.00. The van der Waals surface area contributed by atoms with Gasteiger partial charge in [0.25, 0.3) is 0 Å². The zero-order valence-electron chi connectivity index (χ0n) is 10.0. The molecule has 0 unspecified atom stereocenters. The van der Waals surface area contributed by atoms with E-state index in [-0.39, 0.29) is 0 Å². The molecule has 1 aliphatic rings. The summed E-state index contributed by atoms with van der Waals surface area (Å²) in [4.78, 5) is 0. The Kier molecular flexibility index (Phi) is 2.77. The van der Waals surface area contributed by atoms with Crippen molar-refractivity contribution in [3.63, 3.8) is 0 Å². The summed E-state index contributed by atoms with van der Waals surface area (Å²) in [6.45, 7) is 1.91. The summed E-state index contributed by atoms with van der Waals surface area (Å²) in [5.74, 6) is 2.68. The van der Waals surface area contributed by atoms with E-state index in [0.29, 0.717) is 0 Å². The van der Waals surface area contributed by atoms with Gasteiger partial charge < -0.3 is 14.5 Å². The minimum absolute atomic E-state index is 0.800. The van der Waals surface area contributed by atoms with Crippen LogP contribution in [0.5, 0.6) is 5.75 Å². The van der Waals surface area contributed by atoms with Crippen molar-refractivity contribution in [1.29, 1.82) is 0 Å². The number of para-hydroxylation sites is 1. The van der Waals surface area contributed by atoms with Crippen molar-refractivity contribution >= 4 is 11.0 Å². The number of fused-ring (bicyclic) bond motifs is 1. The Morgan fingerprint density at radius 3 is 3.06 bits per heavy atom. The Balaban J connectivity index is 1.75. The molecule has 0 bridgehead atoms. The van der Waals surface area contributed by atoms with Gasteiger partial charge in [-0.2, -0.15) is 0 Å². The average Bonchev–Trinajstić information content (AvgIpc) is 3.06. The third-order valence-electron chi connectivity index (χ3n) is 3.21. The first-order valence-corrected chi connectivity index (χ1v) is 6.13. The molecule has 1 N–H and O–H groups in total. The first-order valence-electron chi connectivity index (χ1n) is 6.13. The number of nitrogens with one attached hydrogen (secondary N) is 1. The molecule has 3 rings (SSSR count). The second-order valence-corrected chi connectivity index (χ2v) is 4.67. The molecular weight excluding hydrogens is 214 g/mol. The lowest BCUT2D eigenvalue weighted by molar-refractivity contribution is 0.406. The Hall–Kier alpha value is -1.48. The van der Waals surface area contributed by atoms with Crippen molar-refractivity contribution in [2.75, 3.05) is 13.7 Å². The highest BCUT2D eigenvalue weighted by Crippen LogP contribution is 2.29. The second-order valence-electron chi connectivity index (χ2n) is 4.67. The molecule has 3 heteroatoms. The van der Waals surface area contributed by atoms with Gasteiger partial charge in [-0.15, -0.1) is 0 Å². The van der Waals surface area contributed by atoms with E-state index in [2.05, 4.69) is 11.4 Å². The molecule has 0 radical (unpaired) electrons. The van der Waals surface area contributed by atoms with Gasteiger partial charge in [0.15, 0.2) is 11.3 Å². The highest BCUT2D eigenvalue weighted by molar-refractivity contribution is 5.83. The third kappa shape index (κ3) is 2.29. The lowest BCUT2D eigenvalue weighted by atomic mass is 10.2. The molecule has 17 heavy (non-hydrogen) atoms. The van der Waals surface area contributed by atoms with Gasteiger partial charge in [-0.3, -0.25) is 0 Å². The van der Waals surface area contributed by atoms with Crippen LogP contribution < -0.4 is 10.1 Å². The molecule has 0 aliphatic heterocycles. The number of benzene rings is 1. The van der Waals surface area contributed by atoms with E-state index in [0.717, 1.165) is 41.5 Å². The molecule has 1 heterocycles. The number of ether oxygens (including phenoxy) is 1. The molecular formula is C14H17NO2. The van der Waals surface area contributed by atoms with E-state index in [1.165, 1.54) is 12.8 Å². The van der Waals surface area contributed by atoms with Gasteiger partial charge in [-0.05, 0) is 37.4 Å². The zero-order chi connectivity index (χ0) is 11.7. The summed E-state index contributed by atoms with van der Waals surface area (Å²) < 4.78 is 11.1. The molecule has 0 spiro atoms. The molecule has 0 saturated heterocycles. The monoisotopic (exact) mass is 231 g/mol. The van der Waals surface area contributed by atoms with Crippen molar-refractivity contribution in [2.24, 2.45) is 5.92 Å². The van der Waals surface area contributed by atoms with Gasteiger partial charge in [0, 0.05) is 5.39 Å². The van der Waals surface area contributed by atoms with Crippen LogP contribution in [0, 0.1) is 5.92 Å². The largest absolute Gasteiger partial charge is 0.493 e. The zero-order valence-corrected chi connectivity index (χ0v) is 10.0. The molecule has 0 amide bonds. The number of hydrogen-bond acceptors (Lipinski definition) is 3. The Labute approximate surface area is 101 Å². The Bertz CT molecular complexity index is 514. The standard InChI is InChI=1S/C14H17NO2/c1-16-13-4-2-3-11-7-12(17-14(11)13)9-15-8-10-5-6-10/h2-4,7,10,15H,5-6,8-9H2,1H3. The van der Waals surface area contributed by atoms with Crippen molar-refractivity contribution < 1.29 is 9.15 Å². The lowest BCUT2D eigenvalue weighted by Crippen LogP contribution is -2.15. The van der Waals surface area contributed by atoms with E-state index in [1.807, 2.05) is 18.2 Å². The highest BCUT2D eigenvalue weighted by atomic mass is 16.5. The second kappa shape index (κ2) is 4.41. The summed E-state index contributed by atoms with van der Waals surface area (Å²) in [7, 11) is 1.67. The van der Waals surface area contributed by atoms with Crippen LogP contribution in [0.15, 0.2) is 28.7 Å². The van der Waals surface area contributed by atoms with E-state index < -0.39 is 0 Å². The van der Waals surface area contributed by atoms with Crippen LogP contribution in [-0.2, 0) is 6.54 Å². The molecule has 90 valence electrons. The molecule has 1 aromatic carbocycles. The molecule has 1 fully saturated rings. The summed E-state index contributed by atoms with van der Waals surface area (Å²) in [6.07, 6.45) is 2.75. The normalized spacial score (nSPS) is 15.4. The Morgan fingerprint density at radius 2 is 2.29 bits per heavy atom. The molecule has 1 aliphatic carbocycles. The van der Waals surface area contributed by atoms with Crippen LogP contribution in [0.1, 0.15) is 18.6 Å². The number of rotatable bonds is 5. The van der Waals surface area contributed by atoms with Crippen LogP contribution in [0.3, 0.4) is 0 Å². The Morgan fingerprint density at radius 1 is 1.41 bits per heavy atom. The minimum Gasteiger partial charge on any atom is -0.493 e. The fourth-order valence-electron chi connectivity index (χ4n) is 2.06. The maximum Gasteiger partial charge on any atom is 0.176 e. The predicted octanol–water partition coefficient (Wildman–Crippen LogP) is 2.94. The van der Waals surface area contributed by atoms with Crippen LogP contribution in [-0.4, -0.2) is 13.7 Å². The van der Waals surface area contributed by atoms with Gasteiger partial charge >= 0.3 is 0 Å². The molecule has 3 nitrogen and oxygen atoms in total. The first kappa shape index (κ1) is 10.7. The summed E-state index contributed by atoms with van der Waals surface area (Å²) in [6, 6.07) is 8.04. The maximum absolute atomic E-state index is 5.80. The summed E-state index contributed by atoms with van der Waals surface area (Å²) in [5.41, 5.74) is 0.846. The predicted molar refractivity (Wildman–Crippen MR) is 67.2 cm³/mol.